The van der Waals surface area contributed by atoms with Crippen molar-refractivity contribution in [1.29, 1.82) is 0 Å². The highest BCUT2D eigenvalue weighted by atomic mass is 16.6. The van der Waals surface area contributed by atoms with Crippen LogP contribution < -0.4 is 0 Å². The van der Waals surface area contributed by atoms with Gasteiger partial charge in [-0.25, -0.2) is 19.2 Å². The van der Waals surface area contributed by atoms with Crippen LogP contribution in [0.4, 0.5) is 0 Å². The van der Waals surface area contributed by atoms with Gasteiger partial charge >= 0.3 is 23.9 Å². The summed E-state index contributed by atoms with van der Waals surface area (Å²) in [5.74, 6) is -4.38. The van der Waals surface area contributed by atoms with Gasteiger partial charge in [-0.1, -0.05) is 0 Å². The van der Waals surface area contributed by atoms with E-state index >= 15 is 0 Å². The zero-order chi connectivity index (χ0) is 14.0. The molecule has 0 aromatic rings. The zero-order valence-corrected chi connectivity index (χ0v) is 9.07. The molecule has 0 aliphatic carbocycles. The van der Waals surface area contributed by atoms with Gasteiger partial charge in [0.15, 0.2) is 0 Å². The highest BCUT2D eigenvalue weighted by Crippen LogP contribution is 1.86. The minimum atomic E-state index is -1.29. The second kappa shape index (κ2) is 8.50. The standard InChI is InChI=1S/C10H10O8/c11-7(12)1-3-9(15)17-5-6-18-10(16)4-2-8(13)14/h1-4H,5-6H2,(H,11,12)(H,13,14)/b3-1-,4-2-. The van der Waals surface area contributed by atoms with E-state index in [2.05, 4.69) is 9.47 Å². The van der Waals surface area contributed by atoms with Crippen molar-refractivity contribution in [2.24, 2.45) is 0 Å². The molecule has 0 aliphatic rings. The Morgan fingerprint density at radius 1 is 0.722 bits per heavy atom. The molecule has 98 valence electrons. The minimum absolute atomic E-state index is 0.268. The van der Waals surface area contributed by atoms with Crippen LogP contribution >= 0.6 is 0 Å². The van der Waals surface area contributed by atoms with Crippen LogP contribution in [0.3, 0.4) is 0 Å². The van der Waals surface area contributed by atoms with E-state index in [0.717, 1.165) is 0 Å². The van der Waals surface area contributed by atoms with E-state index in [1.807, 2.05) is 0 Å². The highest BCUT2D eigenvalue weighted by molar-refractivity contribution is 5.91. The summed E-state index contributed by atoms with van der Waals surface area (Å²) < 4.78 is 8.92. The number of rotatable bonds is 7. The molecule has 0 rings (SSSR count). The lowest BCUT2D eigenvalue weighted by molar-refractivity contribution is -0.146. The number of hydrogen-bond donors (Lipinski definition) is 2. The van der Waals surface area contributed by atoms with Crippen molar-refractivity contribution >= 4 is 23.9 Å². The van der Waals surface area contributed by atoms with Crippen molar-refractivity contribution in [1.82, 2.24) is 0 Å². The van der Waals surface area contributed by atoms with Gasteiger partial charge in [-0.2, -0.15) is 0 Å². The topological polar surface area (TPSA) is 127 Å². The molecule has 0 aromatic carbocycles. The van der Waals surface area contributed by atoms with Crippen molar-refractivity contribution in [2.45, 2.75) is 0 Å². The molecule has 0 amide bonds. The third kappa shape index (κ3) is 9.90. The summed E-state index contributed by atoms with van der Waals surface area (Å²) >= 11 is 0. The lowest BCUT2D eigenvalue weighted by atomic mass is 10.5. The van der Waals surface area contributed by atoms with Crippen LogP contribution in [0, 0.1) is 0 Å². The van der Waals surface area contributed by atoms with Crippen LogP contribution in [0.2, 0.25) is 0 Å². The van der Waals surface area contributed by atoms with Crippen molar-refractivity contribution in [3.63, 3.8) is 0 Å². The van der Waals surface area contributed by atoms with Crippen molar-refractivity contribution in [3.8, 4) is 0 Å². The number of carboxylic acids is 2. The fourth-order valence-corrected chi connectivity index (χ4v) is 0.659. The summed E-state index contributed by atoms with van der Waals surface area (Å²) in [5, 5.41) is 16.4. The smallest absolute Gasteiger partial charge is 0.331 e. The first-order chi connectivity index (χ1) is 8.41. The van der Waals surface area contributed by atoms with E-state index in [4.69, 9.17) is 10.2 Å². The highest BCUT2D eigenvalue weighted by Gasteiger charge is 2.01. The molecule has 0 aliphatic heterocycles. The van der Waals surface area contributed by atoms with Crippen LogP contribution in [-0.4, -0.2) is 47.3 Å². The van der Waals surface area contributed by atoms with Crippen LogP contribution in [0.1, 0.15) is 0 Å². The predicted octanol–water partition coefficient (Wildman–Crippen LogP) is -0.646. The summed E-state index contributed by atoms with van der Waals surface area (Å²) in [6.07, 6.45) is 2.61. The third-order valence-corrected chi connectivity index (χ3v) is 1.30. The molecular formula is C10H10O8. The Bertz CT molecular complexity index is 355. The van der Waals surface area contributed by atoms with Gasteiger partial charge in [-0.15, -0.1) is 0 Å². The average molecular weight is 258 g/mol. The Labute approximate surface area is 101 Å². The first-order valence-corrected chi connectivity index (χ1v) is 4.57. The molecule has 8 heteroatoms. The van der Waals surface area contributed by atoms with Crippen LogP contribution in [0.5, 0.6) is 0 Å². The summed E-state index contributed by atoms with van der Waals surface area (Å²) in [4.78, 5) is 41.7. The molecule has 0 radical (unpaired) electrons. The minimum Gasteiger partial charge on any atom is -0.478 e. The summed E-state index contributed by atoms with van der Waals surface area (Å²) in [5.41, 5.74) is 0. The maximum Gasteiger partial charge on any atom is 0.331 e. The average Bonchev–Trinajstić information content (AvgIpc) is 2.29. The first-order valence-electron chi connectivity index (χ1n) is 4.57. The Kier molecular flexibility index (Phi) is 7.26. The van der Waals surface area contributed by atoms with Gasteiger partial charge in [-0.3, -0.25) is 0 Å². The van der Waals surface area contributed by atoms with E-state index < -0.39 is 23.9 Å². The molecule has 0 aromatic heterocycles. The lowest BCUT2D eigenvalue weighted by Crippen LogP contribution is -2.11. The fraction of sp³-hybridized carbons (Fsp3) is 0.200. The van der Waals surface area contributed by atoms with Gasteiger partial charge in [0.1, 0.15) is 13.2 Å². The summed E-state index contributed by atoms with van der Waals surface area (Å²) in [6, 6.07) is 0. The van der Waals surface area contributed by atoms with Crippen LogP contribution in [0.15, 0.2) is 24.3 Å². The van der Waals surface area contributed by atoms with Gasteiger partial charge in [0, 0.05) is 24.3 Å². The molecule has 8 nitrogen and oxygen atoms in total. The Morgan fingerprint density at radius 2 is 1.06 bits per heavy atom. The number of esters is 2. The fourth-order valence-electron chi connectivity index (χ4n) is 0.659. The maximum atomic E-state index is 10.8. The molecule has 0 spiro atoms. The third-order valence-electron chi connectivity index (χ3n) is 1.30. The SMILES string of the molecule is O=C(O)/C=C\C(=O)OCCOC(=O)/C=C\C(=O)O. The van der Waals surface area contributed by atoms with E-state index in [1.165, 1.54) is 0 Å². The monoisotopic (exact) mass is 258 g/mol. The van der Waals surface area contributed by atoms with Crippen molar-refractivity contribution < 1.29 is 38.9 Å². The van der Waals surface area contributed by atoms with Gasteiger partial charge in [0.25, 0.3) is 0 Å². The molecule has 0 fully saturated rings. The van der Waals surface area contributed by atoms with Crippen LogP contribution in [0.25, 0.3) is 0 Å². The normalized spacial score (nSPS) is 10.4. The molecule has 0 saturated carbocycles. The largest absolute Gasteiger partial charge is 0.478 e. The molecule has 0 unspecified atom stereocenters. The van der Waals surface area contributed by atoms with E-state index in [9.17, 15) is 19.2 Å². The van der Waals surface area contributed by atoms with E-state index in [1.54, 1.807) is 0 Å². The number of carbonyl (C=O) groups is 4. The lowest BCUT2D eigenvalue weighted by Gasteiger charge is -2.02. The summed E-state index contributed by atoms with van der Waals surface area (Å²) in [7, 11) is 0. The van der Waals surface area contributed by atoms with Gasteiger partial charge in [0.2, 0.25) is 0 Å². The number of carbonyl (C=O) groups excluding carboxylic acids is 2. The predicted molar refractivity (Wildman–Crippen MR) is 55.5 cm³/mol. The van der Waals surface area contributed by atoms with E-state index in [-0.39, 0.29) is 13.2 Å². The Hall–Kier alpha value is -2.64. The molecule has 2 N–H and O–H groups in total. The Balaban J connectivity index is 3.74. The van der Waals surface area contributed by atoms with Gasteiger partial charge in [0.05, 0.1) is 0 Å². The molecule has 18 heavy (non-hydrogen) atoms. The van der Waals surface area contributed by atoms with Crippen molar-refractivity contribution in [3.05, 3.63) is 24.3 Å². The molecule has 0 heterocycles. The van der Waals surface area contributed by atoms with E-state index in [0.29, 0.717) is 24.3 Å². The van der Waals surface area contributed by atoms with Gasteiger partial charge in [-0.05, 0) is 0 Å². The number of aliphatic carboxylic acids is 2. The first kappa shape index (κ1) is 15.4. The second-order valence-electron chi connectivity index (χ2n) is 2.68. The Morgan fingerprint density at radius 3 is 1.33 bits per heavy atom. The quantitative estimate of drug-likeness (QED) is 0.350. The second-order valence-corrected chi connectivity index (χ2v) is 2.68. The molecule has 0 atom stereocenters. The summed E-state index contributed by atoms with van der Waals surface area (Å²) in [6.45, 7) is -0.537. The number of hydrogen-bond acceptors (Lipinski definition) is 6. The van der Waals surface area contributed by atoms with Crippen molar-refractivity contribution in [2.75, 3.05) is 13.2 Å². The molecule has 0 bridgehead atoms. The van der Waals surface area contributed by atoms with Crippen LogP contribution in [-0.2, 0) is 28.7 Å². The van der Waals surface area contributed by atoms with Gasteiger partial charge < -0.3 is 19.7 Å². The zero-order valence-electron chi connectivity index (χ0n) is 9.07. The molecule has 0 saturated heterocycles. The number of ether oxygens (including phenoxy) is 2. The molecular weight excluding hydrogens is 248 g/mol. The maximum absolute atomic E-state index is 10.8. The number of carboxylic acid groups (broad SMARTS) is 2.